The molecule has 154 valence electrons. The van der Waals surface area contributed by atoms with Gasteiger partial charge in [-0.25, -0.2) is 8.42 Å². The maximum Gasteiger partial charge on any atom is 0.262 e. The minimum absolute atomic E-state index is 0.136. The number of hydrogen-bond acceptors (Lipinski definition) is 3. The largest absolute Gasteiger partial charge is 0.349 e. The van der Waals surface area contributed by atoms with E-state index in [9.17, 15) is 13.2 Å². The summed E-state index contributed by atoms with van der Waals surface area (Å²) in [5.74, 6) is 1.12. The van der Waals surface area contributed by atoms with Gasteiger partial charge < -0.3 is 5.32 Å². The number of anilines is 1. The molecule has 2 N–H and O–H groups in total. The Morgan fingerprint density at radius 2 is 1.69 bits per heavy atom. The van der Waals surface area contributed by atoms with Crippen LogP contribution in [0.15, 0.2) is 41.3 Å². The van der Waals surface area contributed by atoms with Gasteiger partial charge in [0.15, 0.2) is 0 Å². The van der Waals surface area contributed by atoms with Crippen LogP contribution in [0.1, 0.15) is 52.7 Å². The van der Waals surface area contributed by atoms with E-state index < -0.39 is 10.0 Å². The molecular weight excluding hydrogens is 384 g/mol. The predicted octanol–water partition coefficient (Wildman–Crippen LogP) is 4.33. The minimum Gasteiger partial charge on any atom is -0.349 e. The molecule has 5 nitrogen and oxygen atoms in total. The Labute approximate surface area is 173 Å². The molecule has 2 aliphatic carbocycles. The molecule has 3 atom stereocenters. The van der Waals surface area contributed by atoms with E-state index in [1.54, 1.807) is 31.2 Å². The van der Waals surface area contributed by atoms with E-state index in [1.807, 2.05) is 19.9 Å². The van der Waals surface area contributed by atoms with Crippen LogP contribution in [0.2, 0.25) is 0 Å². The van der Waals surface area contributed by atoms with Crippen molar-refractivity contribution in [3.05, 3.63) is 58.7 Å². The van der Waals surface area contributed by atoms with Gasteiger partial charge >= 0.3 is 0 Å². The summed E-state index contributed by atoms with van der Waals surface area (Å²) in [6.45, 7) is 5.60. The zero-order valence-electron chi connectivity index (χ0n) is 17.2. The number of carbonyl (C=O) groups is 1. The molecule has 6 heteroatoms. The Kier molecular flexibility index (Phi) is 5.15. The molecular formula is C23H28N2O3S. The average molecular weight is 413 g/mol. The fourth-order valence-corrected chi connectivity index (χ4v) is 6.26. The van der Waals surface area contributed by atoms with E-state index in [0.29, 0.717) is 22.7 Å². The van der Waals surface area contributed by atoms with E-state index in [0.717, 1.165) is 23.5 Å². The lowest BCUT2D eigenvalue weighted by molar-refractivity contribution is 0.0922. The van der Waals surface area contributed by atoms with E-state index >= 15 is 0 Å². The molecule has 2 fully saturated rings. The van der Waals surface area contributed by atoms with Gasteiger partial charge in [0.2, 0.25) is 0 Å². The quantitative estimate of drug-likeness (QED) is 0.767. The second-order valence-corrected chi connectivity index (χ2v) is 10.4. The maximum absolute atomic E-state index is 13.0. The van der Waals surface area contributed by atoms with Crippen molar-refractivity contribution in [1.29, 1.82) is 0 Å². The molecule has 0 saturated heterocycles. The highest BCUT2D eigenvalue weighted by atomic mass is 32.2. The van der Waals surface area contributed by atoms with E-state index in [4.69, 9.17) is 0 Å². The van der Waals surface area contributed by atoms with Gasteiger partial charge in [0, 0.05) is 17.3 Å². The molecule has 0 radical (unpaired) electrons. The monoisotopic (exact) mass is 412 g/mol. The number of amides is 1. The van der Waals surface area contributed by atoms with Crippen molar-refractivity contribution in [2.24, 2.45) is 11.8 Å². The zero-order chi connectivity index (χ0) is 20.8. The summed E-state index contributed by atoms with van der Waals surface area (Å²) in [5, 5.41) is 3.14. The molecule has 29 heavy (non-hydrogen) atoms. The van der Waals surface area contributed by atoms with Gasteiger partial charge in [0.05, 0.1) is 4.90 Å². The van der Waals surface area contributed by atoms with Crippen LogP contribution in [0, 0.1) is 32.6 Å². The van der Waals surface area contributed by atoms with Gasteiger partial charge in [-0.1, -0.05) is 18.6 Å². The number of rotatable bonds is 5. The summed E-state index contributed by atoms with van der Waals surface area (Å²) >= 11 is 0. The van der Waals surface area contributed by atoms with Gasteiger partial charge in [-0.2, -0.15) is 0 Å². The van der Waals surface area contributed by atoms with Gasteiger partial charge in [0.25, 0.3) is 15.9 Å². The third-order valence-electron chi connectivity index (χ3n) is 6.27. The van der Waals surface area contributed by atoms with Crippen LogP contribution in [0.3, 0.4) is 0 Å². The highest BCUT2D eigenvalue weighted by Crippen LogP contribution is 2.44. The molecule has 2 saturated carbocycles. The van der Waals surface area contributed by atoms with Gasteiger partial charge in [-0.3, -0.25) is 9.52 Å². The topological polar surface area (TPSA) is 75.3 Å². The first-order chi connectivity index (χ1) is 13.7. The van der Waals surface area contributed by atoms with Crippen molar-refractivity contribution in [2.75, 3.05) is 4.72 Å². The van der Waals surface area contributed by atoms with Gasteiger partial charge in [0.1, 0.15) is 0 Å². The second kappa shape index (κ2) is 7.48. The van der Waals surface area contributed by atoms with Crippen LogP contribution in [-0.4, -0.2) is 20.4 Å². The number of aryl methyl sites for hydroxylation is 3. The van der Waals surface area contributed by atoms with Crippen LogP contribution in [0.5, 0.6) is 0 Å². The Morgan fingerprint density at radius 1 is 0.966 bits per heavy atom. The normalized spacial score (nSPS) is 23.2. The molecule has 0 spiro atoms. The Balaban J connectivity index is 1.56. The molecule has 4 rings (SSSR count). The summed E-state index contributed by atoms with van der Waals surface area (Å²) < 4.78 is 28.7. The van der Waals surface area contributed by atoms with Gasteiger partial charge in [-0.15, -0.1) is 0 Å². The Morgan fingerprint density at radius 3 is 2.31 bits per heavy atom. The number of sulfonamides is 1. The third kappa shape index (κ3) is 4.17. The first kappa shape index (κ1) is 20.0. The van der Waals surface area contributed by atoms with Crippen molar-refractivity contribution in [2.45, 2.75) is 57.4 Å². The molecule has 1 amide bonds. The summed E-state index contributed by atoms with van der Waals surface area (Å²) in [7, 11) is -3.80. The molecule has 2 aromatic rings. The minimum atomic E-state index is -3.80. The lowest BCUT2D eigenvalue weighted by Gasteiger charge is -2.23. The first-order valence-corrected chi connectivity index (χ1v) is 11.7. The lowest BCUT2D eigenvalue weighted by Crippen LogP contribution is -2.38. The van der Waals surface area contributed by atoms with E-state index in [1.165, 1.54) is 25.3 Å². The van der Waals surface area contributed by atoms with Crippen LogP contribution < -0.4 is 10.0 Å². The highest BCUT2D eigenvalue weighted by molar-refractivity contribution is 7.92. The third-order valence-corrected chi connectivity index (χ3v) is 7.79. The number of carbonyl (C=O) groups excluding carboxylic acids is 1. The van der Waals surface area contributed by atoms with Crippen molar-refractivity contribution in [1.82, 2.24) is 5.32 Å². The van der Waals surface area contributed by atoms with Crippen LogP contribution in [0.4, 0.5) is 5.69 Å². The van der Waals surface area contributed by atoms with E-state index in [2.05, 4.69) is 10.0 Å². The van der Waals surface area contributed by atoms with E-state index in [-0.39, 0.29) is 16.8 Å². The maximum atomic E-state index is 13.0. The number of benzene rings is 2. The zero-order valence-corrected chi connectivity index (χ0v) is 18.0. The Bertz CT molecular complexity index is 1040. The molecule has 2 aliphatic rings. The van der Waals surface area contributed by atoms with Crippen molar-refractivity contribution >= 4 is 21.6 Å². The van der Waals surface area contributed by atoms with Crippen molar-refractivity contribution in [3.8, 4) is 0 Å². The number of nitrogens with one attached hydrogen (secondary N) is 2. The highest BCUT2D eigenvalue weighted by Gasteiger charge is 2.40. The molecule has 0 heterocycles. The SMILES string of the molecule is Cc1cc(C)cc(NS(=O)(=O)c2cc(C(=O)N[C@H]3C[C@H]4CC[C@H]3C4)ccc2C)c1. The average Bonchev–Trinajstić information content (AvgIpc) is 3.23. The van der Waals surface area contributed by atoms with Crippen LogP contribution in [-0.2, 0) is 10.0 Å². The van der Waals surface area contributed by atoms with Crippen LogP contribution >= 0.6 is 0 Å². The fraction of sp³-hybridized carbons (Fsp3) is 0.435. The Hall–Kier alpha value is -2.34. The summed E-state index contributed by atoms with van der Waals surface area (Å²) in [5.41, 5.74) is 3.49. The van der Waals surface area contributed by atoms with Crippen LogP contribution in [0.25, 0.3) is 0 Å². The number of fused-ring (bicyclic) bond motifs is 2. The smallest absolute Gasteiger partial charge is 0.262 e. The summed E-state index contributed by atoms with van der Waals surface area (Å²) in [6.07, 6.45) is 4.71. The first-order valence-electron chi connectivity index (χ1n) is 10.2. The molecule has 2 aromatic carbocycles. The van der Waals surface area contributed by atoms with Gasteiger partial charge in [-0.05, 0) is 92.8 Å². The molecule has 2 bridgehead atoms. The summed E-state index contributed by atoms with van der Waals surface area (Å²) in [6, 6.07) is 10.7. The lowest BCUT2D eigenvalue weighted by atomic mass is 9.95. The number of hydrogen-bond donors (Lipinski definition) is 2. The fourth-order valence-electron chi connectivity index (χ4n) is 4.95. The van der Waals surface area contributed by atoms with Crippen molar-refractivity contribution in [3.63, 3.8) is 0 Å². The second-order valence-electron chi connectivity index (χ2n) is 8.72. The van der Waals surface area contributed by atoms with Crippen molar-refractivity contribution < 1.29 is 13.2 Å². The molecule has 0 unspecified atom stereocenters. The standard InChI is InChI=1S/C23H28N2O3S/c1-14-8-15(2)10-20(9-14)25-29(27,28)22-13-19(6-4-16(22)3)23(26)24-21-12-17-5-7-18(21)11-17/h4,6,8-10,13,17-18,21,25H,5,7,11-12H2,1-3H3,(H,24,26)/t17-,18-,21-/m0/s1. The molecule has 0 aliphatic heterocycles. The molecule has 0 aromatic heterocycles. The summed E-state index contributed by atoms with van der Waals surface area (Å²) in [4.78, 5) is 12.9. The predicted molar refractivity (Wildman–Crippen MR) is 115 cm³/mol.